The van der Waals surface area contributed by atoms with E-state index < -0.39 is 0 Å². The summed E-state index contributed by atoms with van der Waals surface area (Å²) < 4.78 is 5.08. The molecule has 1 aromatic carbocycles. The molecule has 0 saturated heterocycles. The Morgan fingerprint density at radius 3 is 2.86 bits per heavy atom. The maximum atomic E-state index is 12.3. The van der Waals surface area contributed by atoms with Gasteiger partial charge in [0.15, 0.2) is 5.16 Å². The predicted molar refractivity (Wildman–Crippen MR) is 80.8 cm³/mol. The highest BCUT2D eigenvalue weighted by Crippen LogP contribution is 2.13. The van der Waals surface area contributed by atoms with Gasteiger partial charge in [0.1, 0.15) is 6.33 Å². The second kappa shape index (κ2) is 8.43. The molecule has 0 aliphatic rings. The fourth-order valence-electron chi connectivity index (χ4n) is 1.78. The molecule has 2 aromatic rings. The molecule has 0 aliphatic carbocycles. The van der Waals surface area contributed by atoms with Crippen molar-refractivity contribution in [1.82, 2.24) is 20.1 Å². The zero-order chi connectivity index (χ0) is 14.9. The molecule has 1 heterocycles. The number of H-pyrrole nitrogens is 1. The maximum Gasteiger partial charge on any atom is 0.233 e. The van der Waals surface area contributed by atoms with Gasteiger partial charge in [-0.15, -0.1) is 0 Å². The molecule has 6 nitrogen and oxygen atoms in total. The van der Waals surface area contributed by atoms with Gasteiger partial charge in [0, 0.05) is 20.2 Å². The second-order valence-electron chi connectivity index (χ2n) is 4.37. The van der Waals surface area contributed by atoms with Crippen LogP contribution in [0.25, 0.3) is 0 Å². The van der Waals surface area contributed by atoms with Crippen molar-refractivity contribution in [2.45, 2.75) is 11.7 Å². The van der Waals surface area contributed by atoms with Gasteiger partial charge in [-0.3, -0.25) is 9.89 Å². The van der Waals surface area contributed by atoms with Crippen LogP contribution in [0.5, 0.6) is 0 Å². The first kappa shape index (κ1) is 15.5. The van der Waals surface area contributed by atoms with E-state index in [9.17, 15) is 4.79 Å². The number of thioether (sulfide) groups is 1. The van der Waals surface area contributed by atoms with Gasteiger partial charge in [-0.2, -0.15) is 5.10 Å². The van der Waals surface area contributed by atoms with E-state index in [0.717, 1.165) is 5.56 Å². The first-order chi connectivity index (χ1) is 10.3. The number of carbonyl (C=O) groups is 1. The molecule has 112 valence electrons. The average Bonchev–Trinajstić information content (AvgIpc) is 3.03. The second-order valence-corrected chi connectivity index (χ2v) is 5.34. The summed E-state index contributed by atoms with van der Waals surface area (Å²) in [4.78, 5) is 18.1. The highest BCUT2D eigenvalue weighted by molar-refractivity contribution is 7.99. The third kappa shape index (κ3) is 5.20. The van der Waals surface area contributed by atoms with E-state index in [1.165, 1.54) is 18.1 Å². The molecule has 1 amide bonds. The number of hydrogen-bond donors (Lipinski definition) is 1. The van der Waals surface area contributed by atoms with Crippen molar-refractivity contribution < 1.29 is 9.53 Å². The van der Waals surface area contributed by atoms with Crippen molar-refractivity contribution in [2.24, 2.45) is 0 Å². The maximum absolute atomic E-state index is 12.3. The van der Waals surface area contributed by atoms with Crippen LogP contribution in [0.15, 0.2) is 41.8 Å². The molecule has 0 atom stereocenters. The standard InChI is InChI=1S/C14H18N4O2S/c1-20-8-7-18(9-12-5-3-2-4-6-12)13(19)10-21-14-15-11-16-17-14/h2-6,11H,7-10H2,1H3,(H,15,16,17). The van der Waals surface area contributed by atoms with Crippen LogP contribution in [0.3, 0.4) is 0 Å². The zero-order valence-corrected chi connectivity index (χ0v) is 12.7. The number of benzene rings is 1. The van der Waals surface area contributed by atoms with E-state index >= 15 is 0 Å². The summed E-state index contributed by atoms with van der Waals surface area (Å²) in [7, 11) is 1.63. The summed E-state index contributed by atoms with van der Waals surface area (Å²) >= 11 is 1.35. The third-order valence-corrected chi connectivity index (χ3v) is 3.72. The Bertz CT molecular complexity index is 533. The molecule has 0 radical (unpaired) electrons. The Kier molecular flexibility index (Phi) is 6.23. The largest absolute Gasteiger partial charge is 0.383 e. The smallest absolute Gasteiger partial charge is 0.233 e. The highest BCUT2D eigenvalue weighted by atomic mass is 32.2. The minimum Gasteiger partial charge on any atom is -0.383 e. The van der Waals surface area contributed by atoms with Gasteiger partial charge in [0.25, 0.3) is 0 Å². The van der Waals surface area contributed by atoms with Crippen molar-refractivity contribution in [3.8, 4) is 0 Å². The lowest BCUT2D eigenvalue weighted by Gasteiger charge is -2.22. The summed E-state index contributed by atoms with van der Waals surface area (Å²) in [5.41, 5.74) is 1.10. The number of nitrogens with one attached hydrogen (secondary N) is 1. The van der Waals surface area contributed by atoms with Gasteiger partial charge in [-0.25, -0.2) is 4.98 Å². The topological polar surface area (TPSA) is 71.1 Å². The molecule has 1 N–H and O–H groups in total. The van der Waals surface area contributed by atoms with E-state index in [4.69, 9.17) is 4.74 Å². The van der Waals surface area contributed by atoms with Crippen LogP contribution >= 0.6 is 11.8 Å². The van der Waals surface area contributed by atoms with Gasteiger partial charge in [-0.05, 0) is 5.56 Å². The summed E-state index contributed by atoms with van der Waals surface area (Å²) in [5.74, 6) is 0.378. The first-order valence-corrected chi connectivity index (χ1v) is 7.57. The van der Waals surface area contributed by atoms with Crippen molar-refractivity contribution >= 4 is 17.7 Å². The molecular weight excluding hydrogens is 288 g/mol. The minimum absolute atomic E-state index is 0.0531. The molecule has 2 rings (SSSR count). The normalized spacial score (nSPS) is 10.5. The number of carbonyl (C=O) groups excluding carboxylic acids is 1. The zero-order valence-electron chi connectivity index (χ0n) is 11.9. The summed E-state index contributed by atoms with van der Waals surface area (Å²) in [6.45, 7) is 1.67. The van der Waals surface area contributed by atoms with Crippen molar-refractivity contribution in [3.63, 3.8) is 0 Å². The summed E-state index contributed by atoms with van der Waals surface area (Å²) in [6.07, 6.45) is 1.43. The number of aromatic nitrogens is 3. The highest BCUT2D eigenvalue weighted by Gasteiger charge is 2.14. The van der Waals surface area contributed by atoms with Crippen LogP contribution in [-0.2, 0) is 16.1 Å². The van der Waals surface area contributed by atoms with Crippen molar-refractivity contribution in [3.05, 3.63) is 42.2 Å². The average molecular weight is 306 g/mol. The molecule has 21 heavy (non-hydrogen) atoms. The fourth-order valence-corrected chi connectivity index (χ4v) is 2.46. The molecule has 0 saturated carbocycles. The van der Waals surface area contributed by atoms with E-state index in [1.807, 2.05) is 30.3 Å². The Labute approximate surface area is 127 Å². The molecule has 0 bridgehead atoms. The number of hydrogen-bond acceptors (Lipinski definition) is 5. The van der Waals surface area contributed by atoms with Gasteiger partial charge in [0.05, 0.1) is 12.4 Å². The summed E-state index contributed by atoms with van der Waals surface area (Å²) in [6, 6.07) is 9.92. The molecule has 0 fully saturated rings. The number of rotatable bonds is 8. The molecule has 0 unspecified atom stereocenters. The quantitative estimate of drug-likeness (QED) is 0.750. The molecule has 0 spiro atoms. The molecule has 0 aliphatic heterocycles. The van der Waals surface area contributed by atoms with E-state index in [2.05, 4.69) is 15.2 Å². The van der Waals surface area contributed by atoms with Gasteiger partial charge in [0.2, 0.25) is 5.91 Å². The molecular formula is C14H18N4O2S. The van der Waals surface area contributed by atoms with Crippen molar-refractivity contribution in [1.29, 1.82) is 0 Å². The number of nitrogens with zero attached hydrogens (tertiary/aromatic N) is 3. The van der Waals surface area contributed by atoms with Crippen LogP contribution < -0.4 is 0 Å². The lowest BCUT2D eigenvalue weighted by atomic mass is 10.2. The Morgan fingerprint density at radius 1 is 1.38 bits per heavy atom. The molecule has 1 aromatic heterocycles. The minimum atomic E-state index is 0.0531. The number of aromatic amines is 1. The van der Waals surface area contributed by atoms with Crippen molar-refractivity contribution in [2.75, 3.05) is 26.0 Å². The van der Waals surface area contributed by atoms with Crippen LogP contribution in [0.1, 0.15) is 5.56 Å². The van der Waals surface area contributed by atoms with Crippen LogP contribution in [0.2, 0.25) is 0 Å². The fraction of sp³-hybridized carbons (Fsp3) is 0.357. The Balaban J connectivity index is 1.92. The van der Waals surface area contributed by atoms with E-state index in [-0.39, 0.29) is 5.91 Å². The van der Waals surface area contributed by atoms with Gasteiger partial charge >= 0.3 is 0 Å². The first-order valence-electron chi connectivity index (χ1n) is 6.58. The van der Waals surface area contributed by atoms with Crippen LogP contribution in [-0.4, -0.2) is 52.0 Å². The van der Waals surface area contributed by atoms with Gasteiger partial charge < -0.3 is 9.64 Å². The SMILES string of the molecule is COCCN(Cc1ccccc1)C(=O)CSc1ncn[nH]1. The van der Waals surface area contributed by atoms with E-state index in [0.29, 0.717) is 30.6 Å². The van der Waals surface area contributed by atoms with Crippen LogP contribution in [0, 0.1) is 0 Å². The van der Waals surface area contributed by atoms with Crippen LogP contribution in [0.4, 0.5) is 0 Å². The molecule has 7 heteroatoms. The lowest BCUT2D eigenvalue weighted by molar-refractivity contribution is -0.129. The number of amides is 1. The number of methoxy groups -OCH3 is 1. The monoisotopic (exact) mass is 306 g/mol. The third-order valence-electron chi connectivity index (χ3n) is 2.86. The lowest BCUT2D eigenvalue weighted by Crippen LogP contribution is -2.34. The predicted octanol–water partition coefficient (Wildman–Crippen LogP) is 1.57. The Morgan fingerprint density at radius 2 is 2.19 bits per heavy atom. The van der Waals surface area contributed by atoms with Gasteiger partial charge in [-0.1, -0.05) is 42.1 Å². The summed E-state index contributed by atoms with van der Waals surface area (Å²) in [5, 5.41) is 7.14. The number of ether oxygens (including phenoxy) is 1. The van der Waals surface area contributed by atoms with E-state index in [1.54, 1.807) is 12.0 Å². The Hall–Kier alpha value is -1.86.